The third kappa shape index (κ3) is 5.67. The minimum atomic E-state index is -0.133. The van der Waals surface area contributed by atoms with Gasteiger partial charge in [0.2, 0.25) is 0 Å². The molecule has 0 saturated carbocycles. The zero-order chi connectivity index (χ0) is 20.8. The Kier molecular flexibility index (Phi) is 7.45. The summed E-state index contributed by atoms with van der Waals surface area (Å²) in [6.07, 6.45) is 2.24. The average Bonchev–Trinajstić information content (AvgIpc) is 3.24. The van der Waals surface area contributed by atoms with E-state index in [1.54, 1.807) is 24.1 Å². The van der Waals surface area contributed by atoms with Crippen LogP contribution in [-0.2, 0) is 0 Å². The highest BCUT2D eigenvalue weighted by Gasteiger charge is 2.22. The van der Waals surface area contributed by atoms with Crippen molar-refractivity contribution in [1.29, 1.82) is 0 Å². The van der Waals surface area contributed by atoms with Gasteiger partial charge in [0.25, 0.3) is 11.8 Å². The molecule has 2 amide bonds. The van der Waals surface area contributed by atoms with E-state index in [0.29, 0.717) is 22.7 Å². The molecule has 2 atom stereocenters. The number of para-hydroxylation sites is 1. The van der Waals surface area contributed by atoms with Gasteiger partial charge in [0, 0.05) is 26.7 Å². The number of carbonyl (C=O) groups excluding carboxylic acids is 2. The van der Waals surface area contributed by atoms with Gasteiger partial charge in [0.05, 0.1) is 16.1 Å². The highest BCUT2D eigenvalue weighted by molar-refractivity contribution is 7.12. The summed E-state index contributed by atoms with van der Waals surface area (Å²) in [5, 5.41) is 4.91. The summed E-state index contributed by atoms with van der Waals surface area (Å²) in [5.41, 5.74) is 1.15. The van der Waals surface area contributed by atoms with Crippen LogP contribution in [0.25, 0.3) is 0 Å². The Morgan fingerprint density at radius 3 is 2.55 bits per heavy atom. The molecule has 1 aliphatic rings. The van der Waals surface area contributed by atoms with Gasteiger partial charge >= 0.3 is 0 Å². The zero-order valence-electron chi connectivity index (χ0n) is 17.6. The Labute approximate surface area is 177 Å². The van der Waals surface area contributed by atoms with Crippen LogP contribution in [-0.4, -0.2) is 49.9 Å². The number of nitrogens with one attached hydrogen (secondary N) is 1. The van der Waals surface area contributed by atoms with Crippen LogP contribution in [0.1, 0.15) is 46.7 Å². The Hall–Kier alpha value is -2.18. The maximum absolute atomic E-state index is 12.8. The second-order valence-corrected chi connectivity index (χ2v) is 9.12. The fourth-order valence-electron chi connectivity index (χ4n) is 4.21. The fourth-order valence-corrected chi connectivity index (χ4v) is 4.91. The Morgan fingerprint density at radius 2 is 1.86 bits per heavy atom. The average molecular weight is 414 g/mol. The largest absolute Gasteiger partial charge is 0.352 e. The van der Waals surface area contributed by atoms with E-state index in [4.69, 9.17) is 0 Å². The summed E-state index contributed by atoms with van der Waals surface area (Å²) in [5.74, 6) is 1.26. The molecule has 3 rings (SSSR count). The molecule has 1 aromatic carbocycles. The van der Waals surface area contributed by atoms with Crippen molar-refractivity contribution in [2.75, 3.05) is 38.1 Å². The van der Waals surface area contributed by atoms with E-state index in [2.05, 4.69) is 24.1 Å². The lowest BCUT2D eigenvalue weighted by Gasteiger charge is -2.34. The molecule has 0 spiro atoms. The second-order valence-electron chi connectivity index (χ2n) is 8.17. The number of piperidine rings is 1. The van der Waals surface area contributed by atoms with Crippen LogP contribution < -0.4 is 10.2 Å². The van der Waals surface area contributed by atoms with Crippen LogP contribution >= 0.6 is 11.3 Å². The fraction of sp³-hybridized carbons (Fsp3) is 0.478. The smallest absolute Gasteiger partial charge is 0.268 e. The first-order chi connectivity index (χ1) is 14.0. The number of nitrogens with zero attached hydrogens (tertiary/aromatic N) is 2. The summed E-state index contributed by atoms with van der Waals surface area (Å²) in [4.78, 5) is 30.2. The first-order valence-corrected chi connectivity index (χ1v) is 11.2. The van der Waals surface area contributed by atoms with E-state index in [1.807, 2.05) is 29.6 Å². The van der Waals surface area contributed by atoms with E-state index in [0.717, 1.165) is 37.9 Å². The highest BCUT2D eigenvalue weighted by Crippen LogP contribution is 2.23. The maximum Gasteiger partial charge on any atom is 0.268 e. The van der Waals surface area contributed by atoms with Gasteiger partial charge < -0.3 is 15.1 Å². The van der Waals surface area contributed by atoms with E-state index >= 15 is 0 Å². The third-order valence-corrected chi connectivity index (χ3v) is 6.29. The van der Waals surface area contributed by atoms with Crippen molar-refractivity contribution in [1.82, 2.24) is 10.2 Å². The molecule has 1 aliphatic heterocycles. The number of thiophene rings is 1. The van der Waals surface area contributed by atoms with Crippen LogP contribution in [0.2, 0.25) is 0 Å². The van der Waals surface area contributed by atoms with Crippen molar-refractivity contribution in [3.8, 4) is 0 Å². The van der Waals surface area contributed by atoms with Crippen LogP contribution in [0.4, 0.5) is 5.69 Å². The second kappa shape index (κ2) is 10.0. The molecule has 1 fully saturated rings. The summed E-state index contributed by atoms with van der Waals surface area (Å²) < 4.78 is 0. The molecule has 2 unspecified atom stereocenters. The first kappa shape index (κ1) is 21.5. The monoisotopic (exact) mass is 413 g/mol. The molecule has 2 aromatic rings. The molecule has 6 heteroatoms. The zero-order valence-corrected chi connectivity index (χ0v) is 18.4. The predicted molar refractivity (Wildman–Crippen MR) is 120 cm³/mol. The number of hydrogen-bond acceptors (Lipinski definition) is 4. The van der Waals surface area contributed by atoms with E-state index in [1.165, 1.54) is 17.8 Å². The van der Waals surface area contributed by atoms with Gasteiger partial charge in [-0.15, -0.1) is 11.3 Å². The van der Waals surface area contributed by atoms with Crippen molar-refractivity contribution >= 4 is 28.8 Å². The van der Waals surface area contributed by atoms with Gasteiger partial charge in [-0.05, 0) is 54.8 Å². The molecule has 0 radical (unpaired) electrons. The highest BCUT2D eigenvalue weighted by atomic mass is 32.1. The molecular weight excluding hydrogens is 382 g/mol. The van der Waals surface area contributed by atoms with Gasteiger partial charge in [0.1, 0.15) is 0 Å². The number of amides is 2. The van der Waals surface area contributed by atoms with Crippen LogP contribution in [0.5, 0.6) is 0 Å². The molecule has 156 valence electrons. The lowest BCUT2D eigenvalue weighted by molar-refractivity contribution is 0.0948. The summed E-state index contributed by atoms with van der Waals surface area (Å²) in [7, 11) is 1.72. The van der Waals surface area contributed by atoms with Gasteiger partial charge in [0.15, 0.2) is 0 Å². The van der Waals surface area contributed by atoms with Gasteiger partial charge in [-0.1, -0.05) is 32.0 Å². The standard InChI is InChI=1S/C23H31N3O2S/c1-17-14-18(2)16-26(15-17)12-7-11-24-22(27)19-8-4-5-9-20(19)25(3)23(28)21-10-6-13-29-21/h4-6,8-10,13,17-18H,7,11-12,14-16H2,1-3H3,(H,24,27). The molecule has 1 saturated heterocycles. The normalized spacial score (nSPS) is 19.7. The predicted octanol–water partition coefficient (Wildman–Crippen LogP) is 4.12. The SMILES string of the molecule is CC1CC(C)CN(CCCNC(=O)c2ccccc2N(C)C(=O)c2cccs2)C1. The summed E-state index contributed by atoms with van der Waals surface area (Å²) in [6.45, 7) is 8.57. The first-order valence-electron chi connectivity index (χ1n) is 10.4. The van der Waals surface area contributed by atoms with Crippen molar-refractivity contribution < 1.29 is 9.59 Å². The Balaban J connectivity index is 1.55. The topological polar surface area (TPSA) is 52.7 Å². The molecule has 1 N–H and O–H groups in total. The van der Waals surface area contributed by atoms with E-state index < -0.39 is 0 Å². The lowest BCUT2D eigenvalue weighted by Crippen LogP contribution is -2.40. The van der Waals surface area contributed by atoms with Gasteiger partial charge in [-0.25, -0.2) is 0 Å². The minimum Gasteiger partial charge on any atom is -0.352 e. The maximum atomic E-state index is 12.8. The number of benzene rings is 1. The summed E-state index contributed by atoms with van der Waals surface area (Å²) >= 11 is 1.40. The van der Waals surface area contributed by atoms with Crippen molar-refractivity contribution in [3.63, 3.8) is 0 Å². The van der Waals surface area contributed by atoms with Crippen molar-refractivity contribution in [2.45, 2.75) is 26.7 Å². The number of carbonyl (C=O) groups is 2. The number of likely N-dealkylation sites (tertiary alicyclic amines) is 1. The molecule has 29 heavy (non-hydrogen) atoms. The number of hydrogen-bond donors (Lipinski definition) is 1. The molecule has 5 nitrogen and oxygen atoms in total. The number of anilines is 1. The Bertz CT molecular complexity index is 811. The lowest BCUT2D eigenvalue weighted by atomic mass is 9.92. The molecule has 2 heterocycles. The van der Waals surface area contributed by atoms with E-state index in [-0.39, 0.29) is 11.8 Å². The molecular formula is C23H31N3O2S. The van der Waals surface area contributed by atoms with Gasteiger partial charge in [-0.3, -0.25) is 9.59 Å². The molecule has 0 bridgehead atoms. The number of rotatable bonds is 7. The van der Waals surface area contributed by atoms with Crippen LogP contribution in [0.3, 0.4) is 0 Å². The van der Waals surface area contributed by atoms with E-state index in [9.17, 15) is 9.59 Å². The van der Waals surface area contributed by atoms with Crippen molar-refractivity contribution in [2.24, 2.45) is 11.8 Å². The van der Waals surface area contributed by atoms with Gasteiger partial charge in [-0.2, -0.15) is 0 Å². The van der Waals surface area contributed by atoms with Crippen molar-refractivity contribution in [3.05, 3.63) is 52.2 Å². The van der Waals surface area contributed by atoms with Crippen LogP contribution in [0, 0.1) is 11.8 Å². The summed E-state index contributed by atoms with van der Waals surface area (Å²) in [6, 6.07) is 10.9. The Morgan fingerprint density at radius 1 is 1.14 bits per heavy atom. The van der Waals surface area contributed by atoms with Crippen LogP contribution in [0.15, 0.2) is 41.8 Å². The third-order valence-electron chi connectivity index (χ3n) is 5.43. The molecule has 0 aliphatic carbocycles. The quantitative estimate of drug-likeness (QED) is 0.695. The minimum absolute atomic E-state index is 0.103. The molecule has 1 aromatic heterocycles.